The smallest absolute Gasteiger partial charge is 0.267 e. The van der Waals surface area contributed by atoms with Gasteiger partial charge in [0.2, 0.25) is 10.0 Å². The molecule has 35 heavy (non-hydrogen) atoms. The van der Waals surface area contributed by atoms with Gasteiger partial charge < -0.3 is 4.90 Å². The van der Waals surface area contributed by atoms with E-state index in [1.165, 1.54) is 10.4 Å². The van der Waals surface area contributed by atoms with Gasteiger partial charge in [-0.05, 0) is 74.6 Å². The number of piperidine rings is 1. The molecule has 1 amide bonds. The second-order valence-corrected chi connectivity index (χ2v) is 12.2. The fourth-order valence-electron chi connectivity index (χ4n) is 5.33. The van der Waals surface area contributed by atoms with Crippen LogP contribution in [0.2, 0.25) is 0 Å². The summed E-state index contributed by atoms with van der Waals surface area (Å²) in [6, 6.07) is 4.40. The maximum atomic E-state index is 14.7. The van der Waals surface area contributed by atoms with Crippen molar-refractivity contribution in [1.29, 1.82) is 0 Å². The molecule has 0 atom stereocenters. The van der Waals surface area contributed by atoms with Crippen molar-refractivity contribution in [3.05, 3.63) is 62.3 Å². The molecule has 1 saturated carbocycles. The topological polar surface area (TPSA) is 103 Å². The number of H-pyrrole nitrogens is 1. The van der Waals surface area contributed by atoms with Crippen molar-refractivity contribution in [2.24, 2.45) is 0 Å². The lowest BCUT2D eigenvalue weighted by Gasteiger charge is -2.36. The van der Waals surface area contributed by atoms with Gasteiger partial charge in [-0.3, -0.25) is 9.59 Å². The summed E-state index contributed by atoms with van der Waals surface area (Å²) in [5, 5.41) is 6.58. The average Bonchev–Trinajstić information content (AvgIpc) is 3.73. The first-order chi connectivity index (χ1) is 16.8. The average molecular weight is 503 g/mol. The summed E-state index contributed by atoms with van der Waals surface area (Å²) in [5.74, 6) is -0.960. The van der Waals surface area contributed by atoms with Crippen molar-refractivity contribution in [2.45, 2.75) is 69.1 Å². The number of rotatable bonds is 6. The van der Waals surface area contributed by atoms with Crippen LogP contribution in [0.25, 0.3) is 0 Å². The van der Waals surface area contributed by atoms with Gasteiger partial charge in [-0.2, -0.15) is 5.10 Å². The van der Waals surface area contributed by atoms with E-state index in [2.05, 4.69) is 10.2 Å². The molecule has 2 fully saturated rings. The first-order valence-corrected chi connectivity index (χ1v) is 13.9. The van der Waals surface area contributed by atoms with Crippen molar-refractivity contribution in [2.75, 3.05) is 20.1 Å². The lowest BCUT2D eigenvalue weighted by Crippen LogP contribution is -2.48. The molecule has 3 aliphatic rings. The van der Waals surface area contributed by atoms with Crippen molar-refractivity contribution < 1.29 is 17.6 Å². The van der Waals surface area contributed by atoms with E-state index < -0.39 is 15.8 Å². The van der Waals surface area contributed by atoms with Gasteiger partial charge in [-0.15, -0.1) is 0 Å². The highest BCUT2D eigenvalue weighted by Crippen LogP contribution is 2.33. The molecule has 0 bridgehead atoms. The van der Waals surface area contributed by atoms with Crippen LogP contribution >= 0.6 is 0 Å². The SMILES string of the molecule is CN(C1CCN(C(=O)c2cc(Cc3n[nH]c(=O)c4c3CCCC4)ccc2F)CC1)S(=O)(=O)C1CC1. The fraction of sp³-hybridized carbons (Fsp3) is 0.560. The largest absolute Gasteiger partial charge is 0.338 e. The van der Waals surface area contributed by atoms with E-state index in [0.717, 1.165) is 60.9 Å². The molecular weight excluding hydrogens is 471 g/mol. The molecule has 5 rings (SSSR count). The maximum absolute atomic E-state index is 14.7. The minimum atomic E-state index is -3.27. The van der Waals surface area contributed by atoms with E-state index in [0.29, 0.717) is 32.4 Å². The predicted molar refractivity (Wildman–Crippen MR) is 129 cm³/mol. The molecular formula is C25H31FN4O4S. The third-order valence-electron chi connectivity index (χ3n) is 7.63. The third-order valence-corrected chi connectivity index (χ3v) is 10.0. The van der Waals surface area contributed by atoms with Crippen LogP contribution in [0, 0.1) is 5.82 Å². The molecule has 1 aromatic carbocycles. The molecule has 0 radical (unpaired) electrons. The van der Waals surface area contributed by atoms with Gasteiger partial charge in [-0.25, -0.2) is 22.2 Å². The molecule has 0 spiro atoms. The van der Waals surface area contributed by atoms with Crippen molar-refractivity contribution in [3.63, 3.8) is 0 Å². The van der Waals surface area contributed by atoms with Crippen LogP contribution in [0.4, 0.5) is 4.39 Å². The Kier molecular flexibility index (Phi) is 6.52. The summed E-state index contributed by atoms with van der Waals surface area (Å²) < 4.78 is 41.3. The second-order valence-electron chi connectivity index (χ2n) is 9.94. The number of aromatic amines is 1. The fourth-order valence-corrected chi connectivity index (χ4v) is 7.15. The number of likely N-dealkylation sites (tertiary alicyclic amines) is 1. The third kappa shape index (κ3) is 4.78. The monoisotopic (exact) mass is 502 g/mol. The number of nitrogens with one attached hydrogen (secondary N) is 1. The van der Waals surface area contributed by atoms with E-state index in [-0.39, 0.29) is 28.3 Å². The Labute approximate surface area is 204 Å². The molecule has 8 nitrogen and oxygen atoms in total. The minimum absolute atomic E-state index is 0.0122. The number of halogens is 1. The zero-order chi connectivity index (χ0) is 24.7. The number of aromatic nitrogens is 2. The molecule has 2 heterocycles. The van der Waals surface area contributed by atoms with Gasteiger partial charge in [0.15, 0.2) is 0 Å². The number of fused-ring (bicyclic) bond motifs is 1. The summed E-state index contributed by atoms with van der Waals surface area (Å²) in [4.78, 5) is 26.9. The molecule has 188 valence electrons. The molecule has 2 aliphatic carbocycles. The predicted octanol–water partition coefficient (Wildman–Crippen LogP) is 2.41. The zero-order valence-electron chi connectivity index (χ0n) is 19.9. The summed E-state index contributed by atoms with van der Waals surface area (Å²) in [6.45, 7) is 0.763. The summed E-state index contributed by atoms with van der Waals surface area (Å²) in [7, 11) is -1.64. The zero-order valence-corrected chi connectivity index (χ0v) is 20.7. The van der Waals surface area contributed by atoms with Gasteiger partial charge in [0, 0.05) is 38.2 Å². The van der Waals surface area contributed by atoms with Crippen molar-refractivity contribution in [3.8, 4) is 0 Å². The normalized spacial score (nSPS) is 19.1. The van der Waals surface area contributed by atoms with Gasteiger partial charge in [-0.1, -0.05) is 6.07 Å². The van der Waals surface area contributed by atoms with Gasteiger partial charge in [0.1, 0.15) is 5.82 Å². The number of amides is 1. The number of carbonyl (C=O) groups is 1. The van der Waals surface area contributed by atoms with Crippen molar-refractivity contribution >= 4 is 15.9 Å². The number of benzene rings is 1. The van der Waals surface area contributed by atoms with Crippen LogP contribution in [0.3, 0.4) is 0 Å². The van der Waals surface area contributed by atoms with E-state index in [4.69, 9.17) is 0 Å². The summed E-state index contributed by atoms with van der Waals surface area (Å²) in [6.07, 6.45) is 6.43. The molecule has 1 saturated heterocycles. The van der Waals surface area contributed by atoms with Crippen LogP contribution < -0.4 is 5.56 Å². The van der Waals surface area contributed by atoms with Crippen LogP contribution in [0.15, 0.2) is 23.0 Å². The Morgan fingerprint density at radius 3 is 2.51 bits per heavy atom. The van der Waals surface area contributed by atoms with E-state index >= 15 is 0 Å². The molecule has 0 unspecified atom stereocenters. The second kappa shape index (κ2) is 9.46. The Balaban J connectivity index is 1.29. The van der Waals surface area contributed by atoms with E-state index in [9.17, 15) is 22.4 Å². The minimum Gasteiger partial charge on any atom is -0.338 e. The number of nitrogens with zero attached hydrogens (tertiary/aromatic N) is 3. The van der Waals surface area contributed by atoms with E-state index in [1.54, 1.807) is 24.1 Å². The Bertz CT molecular complexity index is 1300. The molecule has 10 heteroatoms. The summed E-state index contributed by atoms with van der Waals surface area (Å²) >= 11 is 0. The standard InChI is InChI=1S/C25H31FN4O4S/c1-29(35(33,34)18-7-8-18)17-10-12-30(13-11-17)25(32)21-14-16(6-9-22(21)26)15-23-19-4-2-3-5-20(19)24(31)28-27-23/h6,9,14,17-18H,2-5,7-8,10-13,15H2,1H3,(H,28,31). The number of sulfonamides is 1. The highest BCUT2D eigenvalue weighted by molar-refractivity contribution is 7.90. The highest BCUT2D eigenvalue weighted by atomic mass is 32.2. The Morgan fingerprint density at radius 1 is 1.14 bits per heavy atom. The Hall–Kier alpha value is -2.59. The molecule has 1 N–H and O–H groups in total. The van der Waals surface area contributed by atoms with Gasteiger partial charge in [0.25, 0.3) is 11.5 Å². The molecule has 1 aromatic heterocycles. The Morgan fingerprint density at radius 2 is 1.83 bits per heavy atom. The molecule has 1 aliphatic heterocycles. The maximum Gasteiger partial charge on any atom is 0.267 e. The first kappa shape index (κ1) is 24.1. The van der Waals surface area contributed by atoms with E-state index in [1.807, 2.05) is 0 Å². The van der Waals surface area contributed by atoms with Gasteiger partial charge >= 0.3 is 0 Å². The van der Waals surface area contributed by atoms with Gasteiger partial charge in [0.05, 0.1) is 16.5 Å². The lowest BCUT2D eigenvalue weighted by atomic mass is 9.90. The first-order valence-electron chi connectivity index (χ1n) is 12.4. The van der Waals surface area contributed by atoms with Crippen LogP contribution in [0.5, 0.6) is 0 Å². The number of hydrogen-bond donors (Lipinski definition) is 1. The van der Waals surface area contributed by atoms with Crippen molar-refractivity contribution in [1.82, 2.24) is 19.4 Å². The number of carbonyl (C=O) groups excluding carboxylic acids is 1. The molecule has 2 aromatic rings. The lowest BCUT2D eigenvalue weighted by molar-refractivity contribution is 0.0681. The highest BCUT2D eigenvalue weighted by Gasteiger charge is 2.41. The quantitative estimate of drug-likeness (QED) is 0.654. The number of hydrogen-bond acceptors (Lipinski definition) is 5. The van der Waals surface area contributed by atoms with Crippen LogP contribution in [-0.2, 0) is 29.3 Å². The van der Waals surface area contributed by atoms with Crippen LogP contribution in [0.1, 0.15) is 71.3 Å². The summed E-state index contributed by atoms with van der Waals surface area (Å²) in [5.41, 5.74) is 3.16. The van der Waals surface area contributed by atoms with Crippen LogP contribution in [-0.4, -0.2) is 65.2 Å².